The van der Waals surface area contributed by atoms with Crippen LogP contribution in [-0.2, 0) is 0 Å². The molecule has 2 aromatic rings. The number of aliphatic hydroxyl groups excluding tert-OH is 1. The Morgan fingerprint density at radius 3 is 2.64 bits per heavy atom. The number of para-hydroxylation sites is 1. The molecule has 0 spiro atoms. The third kappa shape index (κ3) is 3.56. The molecule has 2 amide bonds. The van der Waals surface area contributed by atoms with Crippen molar-refractivity contribution in [2.45, 2.75) is 12.5 Å². The summed E-state index contributed by atoms with van der Waals surface area (Å²) in [7, 11) is 0. The molecular weight excluding hydrogens is 280 g/mol. The second kappa shape index (κ2) is 6.49. The first-order valence-electron chi connectivity index (χ1n) is 7.28. The highest BCUT2D eigenvalue weighted by molar-refractivity contribution is 5.89. The van der Waals surface area contributed by atoms with Gasteiger partial charge < -0.3 is 20.1 Å². The van der Waals surface area contributed by atoms with E-state index in [1.807, 2.05) is 48.5 Å². The summed E-state index contributed by atoms with van der Waals surface area (Å²) in [5.41, 5.74) is 0.667. The van der Waals surface area contributed by atoms with E-state index in [0.717, 1.165) is 5.75 Å². The molecular formula is C17H18N2O3. The first-order chi connectivity index (χ1) is 10.7. The Bertz CT molecular complexity index is 645. The van der Waals surface area contributed by atoms with E-state index in [0.29, 0.717) is 30.9 Å². The van der Waals surface area contributed by atoms with Crippen LogP contribution >= 0.6 is 0 Å². The van der Waals surface area contributed by atoms with E-state index < -0.39 is 6.10 Å². The molecule has 0 unspecified atom stereocenters. The zero-order valence-electron chi connectivity index (χ0n) is 12.1. The smallest absolute Gasteiger partial charge is 0.321 e. The summed E-state index contributed by atoms with van der Waals surface area (Å²) in [6.45, 7) is 0.958. The van der Waals surface area contributed by atoms with Crippen LogP contribution in [0.1, 0.15) is 6.42 Å². The van der Waals surface area contributed by atoms with Gasteiger partial charge in [-0.15, -0.1) is 0 Å². The molecule has 1 saturated heterocycles. The SMILES string of the molecule is O=C(Nc1cccc(Oc2ccccc2)c1)N1CC[C@@H](O)C1. The molecule has 114 valence electrons. The monoisotopic (exact) mass is 298 g/mol. The van der Waals surface area contributed by atoms with Crippen molar-refractivity contribution in [3.63, 3.8) is 0 Å². The molecule has 1 aliphatic rings. The first kappa shape index (κ1) is 14.4. The van der Waals surface area contributed by atoms with Crippen molar-refractivity contribution in [3.8, 4) is 11.5 Å². The number of rotatable bonds is 3. The number of aliphatic hydroxyl groups is 1. The van der Waals surface area contributed by atoms with E-state index in [4.69, 9.17) is 4.74 Å². The number of nitrogens with one attached hydrogen (secondary N) is 1. The van der Waals surface area contributed by atoms with Gasteiger partial charge in [0.15, 0.2) is 0 Å². The van der Waals surface area contributed by atoms with Gasteiger partial charge in [-0.3, -0.25) is 0 Å². The molecule has 5 heteroatoms. The minimum Gasteiger partial charge on any atom is -0.457 e. The van der Waals surface area contributed by atoms with Crippen molar-refractivity contribution >= 4 is 11.7 Å². The van der Waals surface area contributed by atoms with Crippen molar-refractivity contribution in [3.05, 3.63) is 54.6 Å². The minimum absolute atomic E-state index is 0.201. The largest absolute Gasteiger partial charge is 0.457 e. The number of nitrogens with zero attached hydrogens (tertiary/aromatic N) is 1. The lowest BCUT2D eigenvalue weighted by Crippen LogP contribution is -2.33. The Kier molecular flexibility index (Phi) is 4.25. The molecule has 1 aliphatic heterocycles. The van der Waals surface area contributed by atoms with E-state index in [1.54, 1.807) is 11.0 Å². The van der Waals surface area contributed by atoms with Crippen molar-refractivity contribution in [2.24, 2.45) is 0 Å². The van der Waals surface area contributed by atoms with Crippen LogP contribution in [0.2, 0.25) is 0 Å². The number of hydrogen-bond acceptors (Lipinski definition) is 3. The summed E-state index contributed by atoms with van der Waals surface area (Å²) in [6.07, 6.45) is 0.211. The van der Waals surface area contributed by atoms with Crippen molar-refractivity contribution < 1.29 is 14.6 Å². The fraction of sp³-hybridized carbons (Fsp3) is 0.235. The molecule has 0 aromatic heterocycles. The summed E-state index contributed by atoms with van der Waals surface area (Å²) >= 11 is 0. The molecule has 0 aliphatic carbocycles. The van der Waals surface area contributed by atoms with Crippen LogP contribution in [0.25, 0.3) is 0 Å². The van der Waals surface area contributed by atoms with Crippen LogP contribution < -0.4 is 10.1 Å². The molecule has 22 heavy (non-hydrogen) atoms. The van der Waals surface area contributed by atoms with Gasteiger partial charge in [-0.05, 0) is 30.7 Å². The maximum atomic E-state index is 12.1. The normalized spacial score (nSPS) is 17.3. The van der Waals surface area contributed by atoms with E-state index in [9.17, 15) is 9.90 Å². The van der Waals surface area contributed by atoms with Crippen molar-refractivity contribution in [1.82, 2.24) is 4.90 Å². The number of amides is 2. The van der Waals surface area contributed by atoms with Gasteiger partial charge in [0.25, 0.3) is 0 Å². The number of benzene rings is 2. The quantitative estimate of drug-likeness (QED) is 0.915. The number of β-amino-alcohol motifs (C(OH)–C–C–N with tert-alkyl or cyclic N) is 1. The number of ether oxygens (including phenoxy) is 1. The van der Waals surface area contributed by atoms with Crippen LogP contribution in [0.4, 0.5) is 10.5 Å². The van der Waals surface area contributed by atoms with Crippen LogP contribution in [0, 0.1) is 0 Å². The topological polar surface area (TPSA) is 61.8 Å². The zero-order chi connectivity index (χ0) is 15.4. The Morgan fingerprint density at radius 2 is 1.91 bits per heavy atom. The maximum absolute atomic E-state index is 12.1. The fourth-order valence-corrected chi connectivity index (χ4v) is 2.39. The van der Waals surface area contributed by atoms with Gasteiger partial charge in [-0.2, -0.15) is 0 Å². The Hall–Kier alpha value is -2.53. The van der Waals surface area contributed by atoms with Crippen LogP contribution in [0.3, 0.4) is 0 Å². The lowest BCUT2D eigenvalue weighted by atomic mass is 10.3. The molecule has 3 rings (SSSR count). The molecule has 0 saturated carbocycles. The van der Waals surface area contributed by atoms with Gasteiger partial charge in [0.05, 0.1) is 6.10 Å². The second-order valence-corrected chi connectivity index (χ2v) is 5.26. The minimum atomic E-state index is -0.418. The van der Waals surface area contributed by atoms with Gasteiger partial charge in [0, 0.05) is 24.8 Å². The zero-order valence-corrected chi connectivity index (χ0v) is 12.1. The number of anilines is 1. The highest BCUT2D eigenvalue weighted by atomic mass is 16.5. The van der Waals surface area contributed by atoms with Gasteiger partial charge in [0.1, 0.15) is 11.5 Å². The Labute approximate surface area is 129 Å². The second-order valence-electron chi connectivity index (χ2n) is 5.26. The Morgan fingerprint density at radius 1 is 1.14 bits per heavy atom. The van der Waals surface area contributed by atoms with Crippen LogP contribution in [-0.4, -0.2) is 35.2 Å². The van der Waals surface area contributed by atoms with Crippen molar-refractivity contribution in [2.75, 3.05) is 18.4 Å². The standard InChI is InChI=1S/C17H18N2O3/c20-14-9-10-19(12-14)17(21)18-13-5-4-8-16(11-13)22-15-6-2-1-3-7-15/h1-8,11,14,20H,9-10,12H2,(H,18,21)/t14-/m1/s1. The number of likely N-dealkylation sites (tertiary alicyclic amines) is 1. The first-order valence-corrected chi connectivity index (χ1v) is 7.28. The molecule has 5 nitrogen and oxygen atoms in total. The van der Waals surface area contributed by atoms with Gasteiger partial charge in [-0.1, -0.05) is 24.3 Å². The number of hydrogen-bond donors (Lipinski definition) is 2. The predicted molar refractivity (Wildman–Crippen MR) is 84.2 cm³/mol. The van der Waals surface area contributed by atoms with E-state index in [-0.39, 0.29) is 6.03 Å². The van der Waals surface area contributed by atoms with Crippen molar-refractivity contribution in [1.29, 1.82) is 0 Å². The van der Waals surface area contributed by atoms with E-state index in [2.05, 4.69) is 5.32 Å². The maximum Gasteiger partial charge on any atom is 0.321 e. The molecule has 0 bridgehead atoms. The molecule has 2 aromatic carbocycles. The molecule has 0 radical (unpaired) electrons. The van der Waals surface area contributed by atoms with E-state index >= 15 is 0 Å². The summed E-state index contributed by atoms with van der Waals surface area (Å²) in [5.74, 6) is 1.40. The fourth-order valence-electron chi connectivity index (χ4n) is 2.39. The highest BCUT2D eigenvalue weighted by Crippen LogP contribution is 2.24. The predicted octanol–water partition coefficient (Wildman–Crippen LogP) is 3.08. The van der Waals surface area contributed by atoms with Gasteiger partial charge in [-0.25, -0.2) is 4.79 Å². The molecule has 1 fully saturated rings. The van der Waals surface area contributed by atoms with Crippen LogP contribution in [0.5, 0.6) is 11.5 Å². The summed E-state index contributed by atoms with van der Waals surface area (Å²) in [4.78, 5) is 13.7. The number of carbonyl (C=O) groups excluding carboxylic acids is 1. The lowest BCUT2D eigenvalue weighted by molar-refractivity contribution is 0.176. The van der Waals surface area contributed by atoms with E-state index in [1.165, 1.54) is 0 Å². The Balaban J connectivity index is 1.65. The third-order valence-corrected chi connectivity index (χ3v) is 3.51. The lowest BCUT2D eigenvalue weighted by Gasteiger charge is -2.16. The average molecular weight is 298 g/mol. The number of urea groups is 1. The number of carbonyl (C=O) groups is 1. The van der Waals surface area contributed by atoms with Gasteiger partial charge in [0.2, 0.25) is 0 Å². The average Bonchev–Trinajstić information content (AvgIpc) is 2.95. The van der Waals surface area contributed by atoms with Crippen LogP contribution in [0.15, 0.2) is 54.6 Å². The highest BCUT2D eigenvalue weighted by Gasteiger charge is 2.24. The molecule has 2 N–H and O–H groups in total. The summed E-state index contributed by atoms with van der Waals surface area (Å²) in [5, 5.41) is 12.3. The summed E-state index contributed by atoms with van der Waals surface area (Å²) < 4.78 is 5.74. The van der Waals surface area contributed by atoms with Gasteiger partial charge >= 0.3 is 6.03 Å². The summed E-state index contributed by atoms with van der Waals surface area (Å²) in [6, 6.07) is 16.5. The molecule has 1 atom stereocenters. The third-order valence-electron chi connectivity index (χ3n) is 3.51. The molecule has 1 heterocycles.